The molecule has 0 N–H and O–H groups in total. The zero-order valence-electron chi connectivity index (χ0n) is 13.5. The Labute approximate surface area is 138 Å². The van der Waals surface area contributed by atoms with E-state index in [1.54, 1.807) is 6.07 Å². The lowest BCUT2D eigenvalue weighted by atomic mass is 10.1. The second kappa shape index (κ2) is 7.10. The van der Waals surface area contributed by atoms with Gasteiger partial charge in [-0.05, 0) is 19.4 Å². The molecule has 9 heteroatoms. The van der Waals surface area contributed by atoms with Crippen molar-refractivity contribution >= 4 is 5.82 Å². The Morgan fingerprint density at radius 1 is 1.25 bits per heavy atom. The summed E-state index contributed by atoms with van der Waals surface area (Å²) in [4.78, 5) is 4.56. The number of morpholine rings is 1. The molecule has 6 nitrogen and oxygen atoms in total. The monoisotopic (exact) mass is 346 g/mol. The minimum Gasteiger partial charge on any atom is -0.467 e. The molecule has 1 aromatic heterocycles. The van der Waals surface area contributed by atoms with Crippen molar-refractivity contribution < 1.29 is 22.6 Å². The van der Waals surface area contributed by atoms with Gasteiger partial charge in [0.15, 0.2) is 12.4 Å². The second-order valence-electron chi connectivity index (χ2n) is 6.17. The molecule has 2 aliphatic heterocycles. The summed E-state index contributed by atoms with van der Waals surface area (Å²) < 4.78 is 46.4. The Balaban J connectivity index is 1.59. The number of alkyl halides is 3. The molecule has 2 fully saturated rings. The zero-order valence-corrected chi connectivity index (χ0v) is 13.5. The fraction of sp³-hybridized carbons (Fsp3) is 0.733. The molecule has 0 radical (unpaired) electrons. The van der Waals surface area contributed by atoms with Crippen molar-refractivity contribution in [2.24, 2.45) is 0 Å². The lowest BCUT2D eigenvalue weighted by molar-refractivity contribution is -0.154. The van der Waals surface area contributed by atoms with E-state index in [4.69, 9.17) is 4.74 Å². The summed E-state index contributed by atoms with van der Waals surface area (Å²) in [5, 5.41) is 7.78. The van der Waals surface area contributed by atoms with Gasteiger partial charge in [0.1, 0.15) is 0 Å². The van der Waals surface area contributed by atoms with Crippen molar-refractivity contribution in [3.8, 4) is 5.88 Å². The Hall–Kier alpha value is -1.61. The van der Waals surface area contributed by atoms with Gasteiger partial charge >= 0.3 is 6.18 Å². The van der Waals surface area contributed by atoms with E-state index >= 15 is 0 Å². The molecular weight excluding hydrogens is 325 g/mol. The van der Waals surface area contributed by atoms with Crippen molar-refractivity contribution in [3.63, 3.8) is 0 Å². The number of halogens is 3. The highest BCUT2D eigenvalue weighted by molar-refractivity contribution is 5.41. The van der Waals surface area contributed by atoms with Crippen molar-refractivity contribution in [1.29, 1.82) is 0 Å². The molecule has 24 heavy (non-hydrogen) atoms. The average Bonchev–Trinajstić information content (AvgIpc) is 2.95. The molecule has 2 saturated heterocycles. The van der Waals surface area contributed by atoms with E-state index in [0.29, 0.717) is 17.9 Å². The molecule has 0 bridgehead atoms. The molecule has 3 heterocycles. The number of nitrogens with zero attached hydrogens (tertiary/aromatic N) is 4. The summed E-state index contributed by atoms with van der Waals surface area (Å²) in [5.41, 5.74) is 0. The van der Waals surface area contributed by atoms with Gasteiger partial charge in [0.05, 0.1) is 13.2 Å². The first-order chi connectivity index (χ1) is 11.4. The maximum Gasteiger partial charge on any atom is 0.422 e. The Kier molecular flexibility index (Phi) is 5.09. The normalized spacial score (nSPS) is 25.9. The number of rotatable bonds is 4. The first-order valence-corrected chi connectivity index (χ1v) is 8.04. The van der Waals surface area contributed by atoms with Crippen molar-refractivity contribution in [1.82, 2.24) is 15.1 Å². The quantitative estimate of drug-likeness (QED) is 0.827. The van der Waals surface area contributed by atoms with Crippen LogP contribution in [0.25, 0.3) is 0 Å². The highest BCUT2D eigenvalue weighted by Crippen LogP contribution is 2.27. The van der Waals surface area contributed by atoms with Crippen molar-refractivity contribution in [2.45, 2.75) is 31.6 Å². The van der Waals surface area contributed by atoms with Gasteiger partial charge in [-0.15, -0.1) is 10.2 Å². The minimum absolute atomic E-state index is 0.118. The molecule has 2 aliphatic rings. The number of anilines is 1. The lowest BCUT2D eigenvalue weighted by Crippen LogP contribution is -2.44. The van der Waals surface area contributed by atoms with E-state index in [9.17, 15) is 13.2 Å². The standard InChI is InChI=1S/C15H21F3N4O2/c1-11-8-12(21-4-6-23-7-5-21)9-22(11)13-2-3-14(20-19-13)24-10-15(16,17)18/h2-3,11-12H,4-10H2,1H3. The van der Waals surface area contributed by atoms with Gasteiger partial charge in [-0.2, -0.15) is 13.2 Å². The molecule has 0 aromatic carbocycles. The zero-order chi connectivity index (χ0) is 17.2. The van der Waals surface area contributed by atoms with Gasteiger partial charge in [-0.1, -0.05) is 0 Å². The largest absolute Gasteiger partial charge is 0.467 e. The van der Waals surface area contributed by atoms with Crippen LogP contribution < -0.4 is 9.64 Å². The summed E-state index contributed by atoms with van der Waals surface area (Å²) in [5.74, 6) is 0.547. The van der Waals surface area contributed by atoms with Gasteiger partial charge < -0.3 is 14.4 Å². The lowest BCUT2D eigenvalue weighted by Gasteiger charge is -2.32. The fourth-order valence-electron chi connectivity index (χ4n) is 3.23. The molecule has 3 rings (SSSR count). The third-order valence-corrected chi connectivity index (χ3v) is 4.42. The highest BCUT2D eigenvalue weighted by Gasteiger charge is 2.34. The summed E-state index contributed by atoms with van der Waals surface area (Å²) in [6.07, 6.45) is -3.36. The molecular formula is C15H21F3N4O2. The van der Waals surface area contributed by atoms with Crippen molar-refractivity contribution in [3.05, 3.63) is 12.1 Å². The van der Waals surface area contributed by atoms with Gasteiger partial charge in [0.2, 0.25) is 5.88 Å². The summed E-state index contributed by atoms with van der Waals surface area (Å²) in [6.45, 7) is 4.98. The Morgan fingerprint density at radius 3 is 2.62 bits per heavy atom. The van der Waals surface area contributed by atoms with Crippen LogP contribution in [-0.2, 0) is 4.74 Å². The predicted octanol–water partition coefficient (Wildman–Crippen LogP) is 1.72. The van der Waals surface area contributed by atoms with Crippen LogP contribution in [0.15, 0.2) is 12.1 Å². The molecule has 0 spiro atoms. The van der Waals surface area contributed by atoms with Crippen LogP contribution in [0.1, 0.15) is 13.3 Å². The van der Waals surface area contributed by atoms with Crippen LogP contribution in [0.2, 0.25) is 0 Å². The van der Waals surface area contributed by atoms with Crippen LogP contribution >= 0.6 is 0 Å². The van der Waals surface area contributed by atoms with E-state index in [0.717, 1.165) is 39.3 Å². The predicted molar refractivity (Wildman–Crippen MR) is 81.2 cm³/mol. The van der Waals surface area contributed by atoms with Gasteiger partial charge in [0, 0.05) is 37.8 Å². The van der Waals surface area contributed by atoms with Gasteiger partial charge in [-0.3, -0.25) is 4.90 Å². The smallest absolute Gasteiger partial charge is 0.422 e. The summed E-state index contributed by atoms with van der Waals surface area (Å²) >= 11 is 0. The molecule has 134 valence electrons. The second-order valence-corrected chi connectivity index (χ2v) is 6.17. The molecule has 2 unspecified atom stereocenters. The molecule has 0 amide bonds. The SMILES string of the molecule is CC1CC(N2CCOCC2)CN1c1ccc(OCC(F)(F)F)nn1. The first-order valence-electron chi connectivity index (χ1n) is 8.04. The van der Waals surface area contributed by atoms with E-state index in [2.05, 4.69) is 31.7 Å². The van der Waals surface area contributed by atoms with Gasteiger partial charge in [0.25, 0.3) is 0 Å². The average molecular weight is 346 g/mol. The molecule has 2 atom stereocenters. The van der Waals surface area contributed by atoms with Crippen LogP contribution in [0.3, 0.4) is 0 Å². The highest BCUT2D eigenvalue weighted by atomic mass is 19.4. The van der Waals surface area contributed by atoms with Crippen molar-refractivity contribution in [2.75, 3.05) is 44.4 Å². The van der Waals surface area contributed by atoms with Crippen LogP contribution in [0.4, 0.5) is 19.0 Å². The van der Waals surface area contributed by atoms with E-state index in [-0.39, 0.29) is 5.88 Å². The Morgan fingerprint density at radius 2 is 2.00 bits per heavy atom. The first kappa shape index (κ1) is 17.2. The van der Waals surface area contributed by atoms with Crippen LogP contribution in [0.5, 0.6) is 5.88 Å². The molecule has 0 saturated carbocycles. The van der Waals surface area contributed by atoms with E-state index in [1.165, 1.54) is 6.07 Å². The third-order valence-electron chi connectivity index (χ3n) is 4.42. The molecule has 0 aliphatic carbocycles. The maximum atomic E-state index is 12.1. The third kappa shape index (κ3) is 4.27. The van der Waals surface area contributed by atoms with E-state index < -0.39 is 12.8 Å². The molecule has 1 aromatic rings. The number of hydrogen-bond donors (Lipinski definition) is 0. The topological polar surface area (TPSA) is 50.7 Å². The maximum absolute atomic E-state index is 12.1. The fourth-order valence-corrected chi connectivity index (χ4v) is 3.23. The number of aromatic nitrogens is 2. The summed E-state index contributed by atoms with van der Waals surface area (Å²) in [7, 11) is 0. The summed E-state index contributed by atoms with van der Waals surface area (Å²) in [6, 6.07) is 3.83. The van der Waals surface area contributed by atoms with E-state index in [1.807, 2.05) is 0 Å². The number of ether oxygens (including phenoxy) is 2. The minimum atomic E-state index is -4.38. The Bertz CT molecular complexity index is 535. The van der Waals surface area contributed by atoms with Gasteiger partial charge in [-0.25, -0.2) is 0 Å². The van der Waals surface area contributed by atoms with Crippen LogP contribution in [-0.4, -0.2) is 72.8 Å². The number of hydrogen-bond acceptors (Lipinski definition) is 6. The van der Waals surface area contributed by atoms with Crippen LogP contribution in [0, 0.1) is 0 Å².